The number of halogens is 1. The summed E-state index contributed by atoms with van der Waals surface area (Å²) in [4.78, 5) is 22.0. The summed E-state index contributed by atoms with van der Waals surface area (Å²) < 4.78 is 4.75. The van der Waals surface area contributed by atoms with Gasteiger partial charge in [0.25, 0.3) is 0 Å². The van der Waals surface area contributed by atoms with Gasteiger partial charge in [0, 0.05) is 25.9 Å². The first-order valence-electron chi connectivity index (χ1n) is 5.27. The molecule has 0 saturated heterocycles. The smallest absolute Gasteiger partial charge is 0.305 e. The molecule has 0 unspecified atom stereocenters. The number of carbonyl (C=O) groups excluding carboxylic acids is 2. The van der Waals surface area contributed by atoms with Crippen LogP contribution in [0.1, 0.15) is 26.2 Å². The van der Waals surface area contributed by atoms with E-state index in [2.05, 4.69) is 10.6 Å². The summed E-state index contributed by atoms with van der Waals surface area (Å²) in [6.07, 6.45) is 1.46. The summed E-state index contributed by atoms with van der Waals surface area (Å²) in [5.74, 6) is -0.199. The Morgan fingerprint density at radius 1 is 1.19 bits per heavy atom. The first-order chi connectivity index (χ1) is 7.20. The van der Waals surface area contributed by atoms with Crippen LogP contribution < -0.4 is 10.6 Å². The number of amides is 1. The minimum Gasteiger partial charge on any atom is -0.466 e. The summed E-state index contributed by atoms with van der Waals surface area (Å²) in [6, 6.07) is 0. The van der Waals surface area contributed by atoms with Crippen LogP contribution in [0.15, 0.2) is 0 Å². The van der Waals surface area contributed by atoms with Gasteiger partial charge in [0.05, 0.1) is 6.61 Å². The van der Waals surface area contributed by atoms with Crippen molar-refractivity contribution >= 4 is 24.3 Å². The summed E-state index contributed by atoms with van der Waals surface area (Å²) >= 11 is 0. The average molecular weight is 253 g/mol. The highest BCUT2D eigenvalue weighted by atomic mass is 35.5. The van der Waals surface area contributed by atoms with Gasteiger partial charge in [-0.25, -0.2) is 0 Å². The van der Waals surface area contributed by atoms with Crippen LogP contribution in [0.3, 0.4) is 0 Å². The van der Waals surface area contributed by atoms with E-state index in [1.54, 1.807) is 14.0 Å². The molecule has 0 aliphatic carbocycles. The number of nitrogens with one attached hydrogen (secondary N) is 2. The van der Waals surface area contributed by atoms with Gasteiger partial charge in [-0.2, -0.15) is 0 Å². The summed E-state index contributed by atoms with van der Waals surface area (Å²) in [6.45, 7) is 3.38. The highest BCUT2D eigenvalue weighted by molar-refractivity contribution is 5.85. The molecule has 0 saturated carbocycles. The molecule has 96 valence electrons. The van der Waals surface area contributed by atoms with Crippen LogP contribution >= 0.6 is 12.4 Å². The number of ether oxygens (including phenoxy) is 1. The Morgan fingerprint density at radius 2 is 1.88 bits per heavy atom. The monoisotopic (exact) mass is 252 g/mol. The molecule has 0 aromatic rings. The molecule has 0 aromatic carbocycles. The lowest BCUT2D eigenvalue weighted by atomic mass is 10.3. The predicted octanol–water partition coefficient (Wildman–Crippen LogP) is 0.477. The minimum absolute atomic E-state index is 0. The van der Waals surface area contributed by atoms with Crippen molar-refractivity contribution in [2.24, 2.45) is 0 Å². The molecule has 0 rings (SSSR count). The van der Waals surface area contributed by atoms with Crippen molar-refractivity contribution < 1.29 is 14.3 Å². The van der Waals surface area contributed by atoms with Gasteiger partial charge in [0.1, 0.15) is 0 Å². The van der Waals surface area contributed by atoms with E-state index in [9.17, 15) is 9.59 Å². The second-order valence-electron chi connectivity index (χ2n) is 3.11. The van der Waals surface area contributed by atoms with Crippen molar-refractivity contribution in [1.29, 1.82) is 0 Å². The van der Waals surface area contributed by atoms with Crippen molar-refractivity contribution in [3.8, 4) is 0 Å². The Hall–Kier alpha value is -0.810. The quantitative estimate of drug-likeness (QED) is 0.487. The van der Waals surface area contributed by atoms with Crippen molar-refractivity contribution in [3.05, 3.63) is 0 Å². The molecule has 1 amide bonds. The molecule has 0 radical (unpaired) electrons. The van der Waals surface area contributed by atoms with E-state index in [-0.39, 0.29) is 24.3 Å². The molecular formula is C10H21ClN2O3. The molecule has 0 atom stereocenters. The zero-order chi connectivity index (χ0) is 11.5. The van der Waals surface area contributed by atoms with Crippen LogP contribution in [-0.2, 0) is 14.3 Å². The molecule has 0 spiro atoms. The lowest BCUT2D eigenvalue weighted by molar-refractivity contribution is -0.143. The highest BCUT2D eigenvalue weighted by Gasteiger charge is 2.02. The number of hydrogen-bond donors (Lipinski definition) is 2. The highest BCUT2D eigenvalue weighted by Crippen LogP contribution is 1.91. The van der Waals surface area contributed by atoms with E-state index in [1.807, 2.05) is 0 Å². The minimum atomic E-state index is -0.207. The molecule has 5 nitrogen and oxygen atoms in total. The van der Waals surface area contributed by atoms with E-state index < -0.39 is 0 Å². The normalized spacial score (nSPS) is 9.12. The summed E-state index contributed by atoms with van der Waals surface area (Å²) in [5, 5.41) is 5.62. The molecule has 0 aromatic heterocycles. The fourth-order valence-electron chi connectivity index (χ4n) is 1.02. The maximum Gasteiger partial charge on any atom is 0.305 e. The van der Waals surface area contributed by atoms with Crippen LogP contribution in [0.25, 0.3) is 0 Å². The molecule has 0 heterocycles. The number of rotatable bonds is 8. The first kappa shape index (κ1) is 17.6. The zero-order valence-corrected chi connectivity index (χ0v) is 10.7. The third-order valence-electron chi connectivity index (χ3n) is 1.79. The van der Waals surface area contributed by atoms with Gasteiger partial charge in [-0.05, 0) is 20.4 Å². The van der Waals surface area contributed by atoms with E-state index in [0.29, 0.717) is 39.0 Å². The molecule has 2 N–H and O–H groups in total. The third-order valence-corrected chi connectivity index (χ3v) is 1.79. The van der Waals surface area contributed by atoms with E-state index in [1.165, 1.54) is 0 Å². The molecular weight excluding hydrogens is 232 g/mol. The Labute approximate surface area is 103 Å². The molecule has 6 heteroatoms. The second kappa shape index (κ2) is 12.3. The van der Waals surface area contributed by atoms with E-state index >= 15 is 0 Å². The van der Waals surface area contributed by atoms with Crippen molar-refractivity contribution in [1.82, 2.24) is 10.6 Å². The largest absolute Gasteiger partial charge is 0.466 e. The summed E-state index contributed by atoms with van der Waals surface area (Å²) in [5.41, 5.74) is 0. The van der Waals surface area contributed by atoms with Crippen molar-refractivity contribution in [3.63, 3.8) is 0 Å². The Bertz CT molecular complexity index is 201. The van der Waals surface area contributed by atoms with Gasteiger partial charge >= 0.3 is 5.97 Å². The van der Waals surface area contributed by atoms with Gasteiger partial charge in [0.15, 0.2) is 0 Å². The van der Waals surface area contributed by atoms with Crippen LogP contribution in [0, 0.1) is 0 Å². The fraction of sp³-hybridized carbons (Fsp3) is 0.800. The number of esters is 1. The van der Waals surface area contributed by atoms with Crippen LogP contribution in [0.2, 0.25) is 0 Å². The maximum absolute atomic E-state index is 11.1. The topological polar surface area (TPSA) is 67.4 Å². The fourth-order valence-corrected chi connectivity index (χ4v) is 1.02. The standard InChI is InChI=1S/C10H20N2O3.ClH/c1-3-15-10(14)5-4-7-12-9(13)6-8-11-2;/h11H,3-8H2,1-2H3,(H,12,13);1H. The molecule has 16 heavy (non-hydrogen) atoms. The number of hydrogen-bond acceptors (Lipinski definition) is 4. The van der Waals surface area contributed by atoms with E-state index in [0.717, 1.165) is 0 Å². The first-order valence-corrected chi connectivity index (χ1v) is 5.27. The summed E-state index contributed by atoms with van der Waals surface area (Å²) in [7, 11) is 1.80. The van der Waals surface area contributed by atoms with Gasteiger partial charge in [0.2, 0.25) is 5.91 Å². The van der Waals surface area contributed by atoms with Crippen molar-refractivity contribution in [2.45, 2.75) is 26.2 Å². The van der Waals surface area contributed by atoms with Crippen molar-refractivity contribution in [2.75, 3.05) is 26.7 Å². The maximum atomic E-state index is 11.1. The van der Waals surface area contributed by atoms with Gasteiger partial charge in [-0.1, -0.05) is 0 Å². The van der Waals surface area contributed by atoms with Gasteiger partial charge in [-0.15, -0.1) is 12.4 Å². The van der Waals surface area contributed by atoms with E-state index in [4.69, 9.17) is 4.74 Å². The van der Waals surface area contributed by atoms with Gasteiger partial charge in [-0.3, -0.25) is 9.59 Å². The molecule has 0 bridgehead atoms. The Kier molecular flexibility index (Phi) is 13.5. The zero-order valence-electron chi connectivity index (χ0n) is 9.88. The molecule has 0 fully saturated rings. The van der Waals surface area contributed by atoms with Gasteiger partial charge < -0.3 is 15.4 Å². The molecule has 0 aliphatic heterocycles. The predicted molar refractivity (Wildman–Crippen MR) is 64.7 cm³/mol. The Morgan fingerprint density at radius 3 is 2.44 bits per heavy atom. The third kappa shape index (κ3) is 11.3. The van der Waals surface area contributed by atoms with Crippen LogP contribution in [-0.4, -0.2) is 38.6 Å². The lowest BCUT2D eigenvalue weighted by Gasteiger charge is -2.04. The Balaban J connectivity index is 0. The SMILES string of the molecule is CCOC(=O)CCCNC(=O)CCNC.Cl. The van der Waals surface area contributed by atoms with Crippen LogP contribution in [0.4, 0.5) is 0 Å². The van der Waals surface area contributed by atoms with Crippen LogP contribution in [0.5, 0.6) is 0 Å². The molecule has 0 aliphatic rings. The lowest BCUT2D eigenvalue weighted by Crippen LogP contribution is -2.27. The average Bonchev–Trinajstić information content (AvgIpc) is 2.22. The second-order valence-corrected chi connectivity index (χ2v) is 3.11. The number of carbonyl (C=O) groups is 2.